The summed E-state index contributed by atoms with van der Waals surface area (Å²) in [6.07, 6.45) is 4.42. The first kappa shape index (κ1) is 12.1. The van der Waals surface area contributed by atoms with Crippen molar-refractivity contribution in [3.05, 3.63) is 22.6 Å². The Kier molecular flexibility index (Phi) is 4.44. The molecule has 0 bridgehead atoms. The van der Waals surface area contributed by atoms with Crippen molar-refractivity contribution >= 4 is 15.9 Å². The molecule has 1 aliphatic rings. The molecule has 4 heteroatoms. The summed E-state index contributed by atoms with van der Waals surface area (Å²) in [5.74, 6) is 1.62. The molecule has 2 rings (SSSR count). The molecule has 0 aliphatic carbocycles. The lowest BCUT2D eigenvalue weighted by atomic mass is 10.00. The largest absolute Gasteiger partial charge is 0.467 e. The average molecular weight is 288 g/mol. The lowest BCUT2D eigenvalue weighted by molar-refractivity contribution is 0.0871. The molecule has 1 fully saturated rings. The van der Waals surface area contributed by atoms with Crippen LogP contribution in [0.25, 0.3) is 0 Å². The van der Waals surface area contributed by atoms with E-state index in [4.69, 9.17) is 9.15 Å². The molecule has 1 aliphatic heterocycles. The number of rotatable bonds is 5. The maximum Gasteiger partial charge on any atom is 0.131 e. The first-order valence-corrected chi connectivity index (χ1v) is 6.64. The molecule has 2 unspecified atom stereocenters. The van der Waals surface area contributed by atoms with Crippen molar-refractivity contribution in [2.45, 2.75) is 32.4 Å². The van der Waals surface area contributed by atoms with Gasteiger partial charge >= 0.3 is 0 Å². The lowest BCUT2D eigenvalue weighted by Crippen LogP contribution is -2.27. The Morgan fingerprint density at radius 1 is 1.56 bits per heavy atom. The fourth-order valence-electron chi connectivity index (χ4n) is 2.20. The van der Waals surface area contributed by atoms with Crippen LogP contribution in [0.2, 0.25) is 0 Å². The van der Waals surface area contributed by atoms with Gasteiger partial charge in [-0.25, -0.2) is 0 Å². The third-order valence-corrected chi connectivity index (χ3v) is 3.84. The summed E-state index contributed by atoms with van der Waals surface area (Å²) in [6.45, 7) is 4.88. The summed E-state index contributed by atoms with van der Waals surface area (Å²) >= 11 is 3.45. The monoisotopic (exact) mass is 287 g/mol. The van der Waals surface area contributed by atoms with E-state index in [2.05, 4.69) is 28.2 Å². The molecule has 90 valence electrons. The predicted octanol–water partition coefficient (Wildman–Crippen LogP) is 2.95. The highest BCUT2D eigenvalue weighted by atomic mass is 79.9. The van der Waals surface area contributed by atoms with Gasteiger partial charge in [-0.2, -0.15) is 0 Å². The molecule has 1 N–H and O–H groups in total. The Morgan fingerprint density at radius 2 is 2.44 bits per heavy atom. The Balaban J connectivity index is 1.74. The van der Waals surface area contributed by atoms with Crippen molar-refractivity contribution in [3.63, 3.8) is 0 Å². The van der Waals surface area contributed by atoms with Gasteiger partial charge in [-0.05, 0) is 40.8 Å². The van der Waals surface area contributed by atoms with E-state index in [9.17, 15) is 0 Å². The number of hydrogen-bond donors (Lipinski definition) is 1. The normalized spacial score (nSPS) is 25.1. The molecule has 0 amide bonds. The van der Waals surface area contributed by atoms with E-state index in [0.29, 0.717) is 12.0 Å². The molecule has 3 nitrogen and oxygen atoms in total. The van der Waals surface area contributed by atoms with Gasteiger partial charge in [-0.15, -0.1) is 0 Å². The Morgan fingerprint density at radius 3 is 3.12 bits per heavy atom. The second-order valence-electron chi connectivity index (χ2n) is 4.19. The van der Waals surface area contributed by atoms with Crippen LogP contribution in [-0.2, 0) is 11.3 Å². The molecule has 0 radical (unpaired) electrons. The van der Waals surface area contributed by atoms with E-state index in [1.165, 1.54) is 6.42 Å². The van der Waals surface area contributed by atoms with Gasteiger partial charge in [0.05, 0.1) is 23.4 Å². The third-order valence-electron chi connectivity index (χ3n) is 3.13. The van der Waals surface area contributed by atoms with E-state index in [0.717, 1.165) is 36.4 Å². The van der Waals surface area contributed by atoms with E-state index in [1.807, 2.05) is 6.07 Å². The standard InChI is InChI=1S/C12H18BrNO2/c1-2-11-9(3-5-15-11)7-14-8-12-10(13)4-6-16-12/h4,6,9,11,14H,2-3,5,7-8H2,1H3. The third kappa shape index (κ3) is 2.87. The van der Waals surface area contributed by atoms with Crippen LogP contribution < -0.4 is 5.32 Å². The smallest absolute Gasteiger partial charge is 0.131 e. The first-order chi connectivity index (χ1) is 7.81. The molecular formula is C12H18BrNO2. The van der Waals surface area contributed by atoms with Gasteiger partial charge in [-0.1, -0.05) is 6.92 Å². The van der Waals surface area contributed by atoms with Gasteiger partial charge in [-0.3, -0.25) is 0 Å². The zero-order valence-electron chi connectivity index (χ0n) is 9.54. The molecule has 1 saturated heterocycles. The van der Waals surface area contributed by atoms with Crippen LogP contribution in [0.1, 0.15) is 25.5 Å². The molecule has 1 aromatic rings. The fraction of sp³-hybridized carbons (Fsp3) is 0.667. The molecule has 1 aromatic heterocycles. The van der Waals surface area contributed by atoms with Crippen molar-refractivity contribution in [1.29, 1.82) is 0 Å². The SMILES string of the molecule is CCC1OCCC1CNCc1occc1Br. The summed E-state index contributed by atoms with van der Waals surface area (Å²) in [4.78, 5) is 0. The zero-order chi connectivity index (χ0) is 11.4. The van der Waals surface area contributed by atoms with Crippen LogP contribution in [-0.4, -0.2) is 19.3 Å². The number of nitrogens with one attached hydrogen (secondary N) is 1. The van der Waals surface area contributed by atoms with Gasteiger partial charge < -0.3 is 14.5 Å². The van der Waals surface area contributed by atoms with Crippen molar-refractivity contribution in [2.75, 3.05) is 13.2 Å². The minimum Gasteiger partial charge on any atom is -0.467 e. The van der Waals surface area contributed by atoms with Crippen molar-refractivity contribution in [3.8, 4) is 0 Å². The van der Waals surface area contributed by atoms with Crippen molar-refractivity contribution in [2.24, 2.45) is 5.92 Å². The van der Waals surface area contributed by atoms with Crippen molar-refractivity contribution < 1.29 is 9.15 Å². The highest BCUT2D eigenvalue weighted by molar-refractivity contribution is 9.10. The average Bonchev–Trinajstić information content (AvgIpc) is 2.88. The van der Waals surface area contributed by atoms with E-state index < -0.39 is 0 Å². The van der Waals surface area contributed by atoms with E-state index >= 15 is 0 Å². The molecule has 0 aromatic carbocycles. The predicted molar refractivity (Wildman–Crippen MR) is 66.3 cm³/mol. The summed E-state index contributed by atoms with van der Waals surface area (Å²) in [7, 11) is 0. The van der Waals surface area contributed by atoms with Crippen LogP contribution in [0, 0.1) is 5.92 Å². The molecule has 2 heterocycles. The number of hydrogen-bond acceptors (Lipinski definition) is 3. The molecule has 0 saturated carbocycles. The first-order valence-electron chi connectivity index (χ1n) is 5.85. The zero-order valence-corrected chi connectivity index (χ0v) is 11.1. The van der Waals surface area contributed by atoms with Gasteiger partial charge in [0.15, 0.2) is 0 Å². The Labute approximate surface area is 105 Å². The maximum atomic E-state index is 5.65. The quantitative estimate of drug-likeness (QED) is 0.904. The highest BCUT2D eigenvalue weighted by Crippen LogP contribution is 2.23. The minimum atomic E-state index is 0.438. The molecule has 2 atom stereocenters. The van der Waals surface area contributed by atoms with Gasteiger partial charge in [0.1, 0.15) is 5.76 Å². The Hall–Kier alpha value is -0.320. The summed E-state index contributed by atoms with van der Waals surface area (Å²) in [5.41, 5.74) is 0. The summed E-state index contributed by atoms with van der Waals surface area (Å²) < 4.78 is 12.0. The molecule has 16 heavy (non-hydrogen) atoms. The van der Waals surface area contributed by atoms with Crippen LogP contribution in [0.4, 0.5) is 0 Å². The summed E-state index contributed by atoms with van der Waals surface area (Å²) in [5, 5.41) is 3.43. The second-order valence-corrected chi connectivity index (χ2v) is 5.04. The maximum absolute atomic E-state index is 5.65. The second kappa shape index (κ2) is 5.84. The van der Waals surface area contributed by atoms with Crippen LogP contribution in [0.3, 0.4) is 0 Å². The fourth-order valence-corrected chi connectivity index (χ4v) is 2.54. The van der Waals surface area contributed by atoms with Gasteiger partial charge in [0.2, 0.25) is 0 Å². The topological polar surface area (TPSA) is 34.4 Å². The molecular weight excluding hydrogens is 270 g/mol. The van der Waals surface area contributed by atoms with Gasteiger partial charge in [0, 0.05) is 13.2 Å². The van der Waals surface area contributed by atoms with Crippen LogP contribution in [0.5, 0.6) is 0 Å². The van der Waals surface area contributed by atoms with E-state index in [1.54, 1.807) is 6.26 Å². The lowest BCUT2D eigenvalue weighted by Gasteiger charge is -2.16. The highest BCUT2D eigenvalue weighted by Gasteiger charge is 2.26. The van der Waals surface area contributed by atoms with Crippen molar-refractivity contribution in [1.82, 2.24) is 5.32 Å². The Bertz CT molecular complexity index is 327. The van der Waals surface area contributed by atoms with Crippen LogP contribution >= 0.6 is 15.9 Å². The summed E-state index contributed by atoms with van der Waals surface area (Å²) in [6, 6.07) is 1.92. The number of ether oxygens (including phenoxy) is 1. The number of halogens is 1. The number of furan rings is 1. The molecule has 0 spiro atoms. The van der Waals surface area contributed by atoms with Gasteiger partial charge in [0.25, 0.3) is 0 Å². The minimum absolute atomic E-state index is 0.438. The van der Waals surface area contributed by atoms with Crippen LogP contribution in [0.15, 0.2) is 21.2 Å². The van der Waals surface area contributed by atoms with E-state index in [-0.39, 0.29) is 0 Å².